The van der Waals surface area contributed by atoms with Crippen LogP contribution in [-0.4, -0.2) is 88.1 Å². The van der Waals surface area contributed by atoms with Crippen LogP contribution in [0.15, 0.2) is 30.3 Å². The Balaban J connectivity index is 1.31. The van der Waals surface area contributed by atoms with Crippen LogP contribution >= 0.6 is 11.6 Å². The fourth-order valence-corrected chi connectivity index (χ4v) is 7.86. The molecule has 8 rings (SSSR count). The van der Waals surface area contributed by atoms with E-state index in [1.54, 1.807) is 24.3 Å². The zero-order valence-electron chi connectivity index (χ0n) is 24.3. The Morgan fingerprint density at radius 1 is 1.20 bits per heavy atom. The number of hydrogen-bond donors (Lipinski definition) is 2. The fraction of sp³-hybridized carbons (Fsp3) is 0.469. The van der Waals surface area contributed by atoms with Gasteiger partial charge < -0.3 is 24.8 Å². The van der Waals surface area contributed by atoms with Gasteiger partial charge in [0.15, 0.2) is 5.82 Å². The molecule has 12 heteroatoms. The number of aromatic nitrogens is 3. The number of aromatic hydroxyl groups is 1. The van der Waals surface area contributed by atoms with Gasteiger partial charge in [0.25, 0.3) is 0 Å². The molecule has 2 aromatic heterocycles. The van der Waals surface area contributed by atoms with Crippen molar-refractivity contribution in [3.63, 3.8) is 0 Å². The zero-order chi connectivity index (χ0) is 30.2. The SMILES string of the molecule is CC[C@@H]1CN2c3nc(OC[C@@]45CCCN4C[C@H](F)C5)nc4c(F)c(-c5cc(O)cc6cccc(Cl)c56)nc(c34)OC[C@H]2CN1. The first kappa shape index (κ1) is 28.0. The molecule has 0 saturated carbocycles. The van der Waals surface area contributed by atoms with Crippen LogP contribution in [0.25, 0.3) is 32.9 Å². The lowest BCUT2D eigenvalue weighted by atomic mass is 9.95. The lowest BCUT2D eigenvalue weighted by Gasteiger charge is -2.39. The molecule has 44 heavy (non-hydrogen) atoms. The van der Waals surface area contributed by atoms with Gasteiger partial charge >= 0.3 is 6.01 Å². The highest BCUT2D eigenvalue weighted by atomic mass is 35.5. The number of hydrogen-bond acceptors (Lipinski definition) is 9. The molecule has 0 unspecified atom stereocenters. The summed E-state index contributed by atoms with van der Waals surface area (Å²) in [5, 5.41) is 16.1. The first-order valence-electron chi connectivity index (χ1n) is 15.3. The van der Waals surface area contributed by atoms with Crippen molar-refractivity contribution in [2.24, 2.45) is 0 Å². The van der Waals surface area contributed by atoms with Crippen LogP contribution in [0.2, 0.25) is 5.02 Å². The lowest BCUT2D eigenvalue weighted by molar-refractivity contribution is 0.107. The van der Waals surface area contributed by atoms with E-state index >= 15 is 4.39 Å². The van der Waals surface area contributed by atoms with E-state index in [0.717, 1.165) is 25.8 Å². The van der Waals surface area contributed by atoms with E-state index < -0.39 is 17.5 Å². The van der Waals surface area contributed by atoms with Gasteiger partial charge in [-0.15, -0.1) is 0 Å². The smallest absolute Gasteiger partial charge is 0.319 e. The molecule has 0 radical (unpaired) electrons. The van der Waals surface area contributed by atoms with Crippen molar-refractivity contribution in [1.82, 2.24) is 25.2 Å². The Bertz CT molecular complexity index is 1800. The van der Waals surface area contributed by atoms with Gasteiger partial charge in [0, 0.05) is 48.1 Å². The standard InChI is InChI=1S/C32H33ClF2N6O3/c1-2-19-14-41-20(12-36-19)15-43-30-25-28(26(35)27(37-30)22-10-21(42)9-17-5-3-6-23(33)24(17)22)38-31(39-29(25)41)44-16-32-7-4-8-40(32)13-18(34)11-32/h3,5-6,9-10,18-20,36,42H,2,4,7-8,11-16H2,1H3/t18-,19-,20-,32+/m1/s1. The third kappa shape index (κ3) is 4.42. The highest BCUT2D eigenvalue weighted by Gasteiger charge is 2.49. The number of fused-ring (bicyclic) bond motifs is 4. The van der Waals surface area contributed by atoms with Crippen LogP contribution in [0.4, 0.5) is 14.6 Å². The Kier molecular flexibility index (Phi) is 6.69. The quantitative estimate of drug-likeness (QED) is 0.310. The monoisotopic (exact) mass is 622 g/mol. The lowest BCUT2D eigenvalue weighted by Crippen LogP contribution is -2.58. The number of rotatable bonds is 5. The first-order chi connectivity index (χ1) is 21.3. The number of phenols is 1. The second-order valence-electron chi connectivity index (χ2n) is 12.5. The van der Waals surface area contributed by atoms with Gasteiger partial charge in [-0.2, -0.15) is 9.97 Å². The minimum absolute atomic E-state index is 0.0105. The van der Waals surface area contributed by atoms with Crippen LogP contribution in [0, 0.1) is 5.82 Å². The molecule has 3 fully saturated rings. The summed E-state index contributed by atoms with van der Waals surface area (Å²) in [5.74, 6) is -0.0267. The maximum Gasteiger partial charge on any atom is 0.319 e. The van der Waals surface area contributed by atoms with Gasteiger partial charge in [0.05, 0.1) is 11.6 Å². The van der Waals surface area contributed by atoms with Gasteiger partial charge in [-0.25, -0.2) is 13.8 Å². The predicted octanol–water partition coefficient (Wildman–Crippen LogP) is 5.25. The molecule has 4 aliphatic rings. The number of halogens is 3. The Labute approximate surface area is 258 Å². The average molecular weight is 623 g/mol. The van der Waals surface area contributed by atoms with Crippen LogP contribution in [0.3, 0.4) is 0 Å². The van der Waals surface area contributed by atoms with Crippen LogP contribution in [0.1, 0.15) is 32.6 Å². The number of anilines is 1. The van der Waals surface area contributed by atoms with Crippen molar-refractivity contribution in [1.29, 1.82) is 0 Å². The molecular weight excluding hydrogens is 590 g/mol. The highest BCUT2D eigenvalue weighted by Crippen LogP contribution is 2.45. The van der Waals surface area contributed by atoms with Gasteiger partial charge in [-0.1, -0.05) is 30.7 Å². The van der Waals surface area contributed by atoms with Crippen molar-refractivity contribution in [2.45, 2.75) is 56.4 Å². The molecule has 3 saturated heterocycles. The van der Waals surface area contributed by atoms with Crippen molar-refractivity contribution < 1.29 is 23.4 Å². The van der Waals surface area contributed by atoms with E-state index in [-0.39, 0.29) is 47.5 Å². The van der Waals surface area contributed by atoms with E-state index in [0.29, 0.717) is 65.2 Å². The maximum absolute atomic E-state index is 16.9. The normalized spacial score (nSPS) is 26.5. The number of ether oxygens (including phenoxy) is 2. The summed E-state index contributed by atoms with van der Waals surface area (Å²) >= 11 is 6.61. The number of pyridine rings is 1. The van der Waals surface area contributed by atoms with E-state index in [2.05, 4.69) is 27.0 Å². The van der Waals surface area contributed by atoms with Gasteiger partial charge in [0.2, 0.25) is 5.88 Å². The van der Waals surface area contributed by atoms with E-state index in [9.17, 15) is 9.50 Å². The number of nitrogens with one attached hydrogen (secondary N) is 1. The maximum atomic E-state index is 16.9. The van der Waals surface area contributed by atoms with Crippen LogP contribution in [0.5, 0.6) is 17.6 Å². The molecule has 0 aliphatic carbocycles. The summed E-state index contributed by atoms with van der Waals surface area (Å²) in [6.45, 7) is 5.18. The Hall–Kier alpha value is -3.54. The van der Waals surface area contributed by atoms with E-state index in [4.69, 9.17) is 31.0 Å². The third-order valence-electron chi connectivity index (χ3n) is 9.79. The molecule has 4 aliphatic heterocycles. The first-order valence-corrected chi connectivity index (χ1v) is 15.7. The molecule has 2 N–H and O–H groups in total. The topological polar surface area (TPSA) is 95.9 Å². The predicted molar refractivity (Wildman–Crippen MR) is 164 cm³/mol. The van der Waals surface area contributed by atoms with Crippen LogP contribution in [-0.2, 0) is 0 Å². The molecule has 2 aromatic carbocycles. The third-order valence-corrected chi connectivity index (χ3v) is 10.1. The molecule has 6 heterocycles. The zero-order valence-corrected chi connectivity index (χ0v) is 25.1. The second-order valence-corrected chi connectivity index (χ2v) is 12.9. The average Bonchev–Trinajstić information content (AvgIpc) is 3.49. The molecule has 4 atom stereocenters. The number of phenolic OH excluding ortho intramolecular Hbond substituents is 1. The molecule has 0 bridgehead atoms. The Morgan fingerprint density at radius 3 is 2.95 bits per heavy atom. The summed E-state index contributed by atoms with van der Waals surface area (Å²) in [7, 11) is 0. The second kappa shape index (κ2) is 10.5. The number of nitrogens with zero attached hydrogens (tertiary/aromatic N) is 5. The summed E-state index contributed by atoms with van der Waals surface area (Å²) in [5.41, 5.74) is -0.124. The summed E-state index contributed by atoms with van der Waals surface area (Å²) in [4.78, 5) is 18.5. The van der Waals surface area contributed by atoms with Crippen molar-refractivity contribution in [2.75, 3.05) is 44.3 Å². The number of piperazine rings is 1. The molecule has 9 nitrogen and oxygen atoms in total. The van der Waals surface area contributed by atoms with E-state index in [1.165, 1.54) is 6.07 Å². The largest absolute Gasteiger partial charge is 0.508 e. The molecule has 0 spiro atoms. The molecule has 0 amide bonds. The molecular formula is C32H33ClF2N6O3. The molecule has 4 aromatic rings. The van der Waals surface area contributed by atoms with Gasteiger partial charge in [-0.3, -0.25) is 4.90 Å². The van der Waals surface area contributed by atoms with Crippen molar-refractivity contribution in [3.05, 3.63) is 41.2 Å². The summed E-state index contributed by atoms with van der Waals surface area (Å²) in [6, 6.07) is 8.48. The minimum Gasteiger partial charge on any atom is -0.508 e. The number of alkyl halides is 1. The number of benzene rings is 2. The van der Waals surface area contributed by atoms with Gasteiger partial charge in [-0.05, 0) is 49.4 Å². The van der Waals surface area contributed by atoms with E-state index in [1.807, 2.05) is 0 Å². The highest BCUT2D eigenvalue weighted by molar-refractivity contribution is 6.36. The fourth-order valence-electron chi connectivity index (χ4n) is 7.58. The molecule has 230 valence electrons. The Morgan fingerprint density at radius 2 is 2.09 bits per heavy atom. The van der Waals surface area contributed by atoms with Crippen molar-refractivity contribution in [3.8, 4) is 28.9 Å². The minimum atomic E-state index is -0.900. The van der Waals surface area contributed by atoms with Gasteiger partial charge in [0.1, 0.15) is 47.5 Å². The summed E-state index contributed by atoms with van der Waals surface area (Å²) in [6.07, 6.45) is 2.22. The van der Waals surface area contributed by atoms with Crippen molar-refractivity contribution >= 4 is 39.1 Å². The summed E-state index contributed by atoms with van der Waals surface area (Å²) < 4.78 is 43.9. The van der Waals surface area contributed by atoms with Crippen LogP contribution < -0.4 is 19.7 Å².